The minimum absolute atomic E-state index is 0.735. The molecule has 0 unspecified atom stereocenters. The molecular formula is C13H16ClN3S. The van der Waals surface area contributed by atoms with E-state index in [-0.39, 0.29) is 0 Å². The van der Waals surface area contributed by atoms with Gasteiger partial charge in [0, 0.05) is 6.54 Å². The van der Waals surface area contributed by atoms with Crippen LogP contribution in [0, 0.1) is 5.92 Å². The molecule has 5 heteroatoms. The van der Waals surface area contributed by atoms with Crippen LogP contribution in [0.1, 0.15) is 12.8 Å². The molecule has 1 aromatic carbocycles. The summed E-state index contributed by atoms with van der Waals surface area (Å²) in [6.45, 7) is 3.29. The van der Waals surface area contributed by atoms with Crippen molar-refractivity contribution in [1.29, 1.82) is 0 Å². The maximum Gasteiger partial charge on any atom is 0.183 e. The van der Waals surface area contributed by atoms with Gasteiger partial charge in [-0.1, -0.05) is 29.0 Å². The summed E-state index contributed by atoms with van der Waals surface area (Å²) in [7, 11) is 0. The van der Waals surface area contributed by atoms with E-state index in [0.717, 1.165) is 45.9 Å². The third-order valence-corrected chi connectivity index (χ3v) is 4.65. The number of halogens is 1. The third kappa shape index (κ3) is 2.60. The monoisotopic (exact) mass is 281 g/mol. The predicted molar refractivity (Wildman–Crippen MR) is 78.7 cm³/mol. The fraction of sp³-hybridized carbons (Fsp3) is 0.462. The molecular weight excluding hydrogens is 266 g/mol. The van der Waals surface area contributed by atoms with E-state index in [1.165, 1.54) is 12.8 Å². The van der Waals surface area contributed by atoms with Crippen LogP contribution in [0.4, 0.5) is 5.13 Å². The highest BCUT2D eigenvalue weighted by Gasteiger charge is 2.13. The summed E-state index contributed by atoms with van der Waals surface area (Å²) >= 11 is 7.81. The second-order valence-corrected chi connectivity index (χ2v) is 6.12. The molecule has 0 atom stereocenters. The second kappa shape index (κ2) is 5.43. The smallest absolute Gasteiger partial charge is 0.183 e. The summed E-state index contributed by atoms with van der Waals surface area (Å²) in [6, 6.07) is 5.92. The number of anilines is 1. The maximum absolute atomic E-state index is 6.13. The zero-order valence-electron chi connectivity index (χ0n) is 10.1. The molecule has 2 heterocycles. The Balaban J connectivity index is 1.69. The van der Waals surface area contributed by atoms with Crippen molar-refractivity contribution in [2.75, 3.05) is 25.0 Å². The number of thiazole rings is 1. The van der Waals surface area contributed by atoms with Gasteiger partial charge >= 0.3 is 0 Å². The van der Waals surface area contributed by atoms with E-state index in [1.807, 2.05) is 12.1 Å². The van der Waals surface area contributed by atoms with Crippen LogP contribution in [0.5, 0.6) is 0 Å². The Morgan fingerprint density at radius 2 is 2.22 bits per heavy atom. The molecule has 2 N–H and O–H groups in total. The highest BCUT2D eigenvalue weighted by molar-refractivity contribution is 7.22. The molecule has 0 spiro atoms. The molecule has 96 valence electrons. The van der Waals surface area contributed by atoms with E-state index in [4.69, 9.17) is 11.6 Å². The van der Waals surface area contributed by atoms with Crippen LogP contribution in [0.15, 0.2) is 18.2 Å². The summed E-state index contributed by atoms with van der Waals surface area (Å²) in [5.74, 6) is 0.758. The predicted octanol–water partition coefficient (Wildman–Crippen LogP) is 3.36. The maximum atomic E-state index is 6.13. The van der Waals surface area contributed by atoms with Crippen LogP contribution in [0.2, 0.25) is 5.02 Å². The lowest BCUT2D eigenvalue weighted by Gasteiger charge is -2.22. The molecule has 0 amide bonds. The first-order valence-electron chi connectivity index (χ1n) is 6.32. The molecule has 2 aromatic rings. The number of hydrogen-bond donors (Lipinski definition) is 2. The lowest BCUT2D eigenvalue weighted by molar-refractivity contribution is 0.390. The average molecular weight is 282 g/mol. The number of nitrogens with one attached hydrogen (secondary N) is 2. The van der Waals surface area contributed by atoms with Crippen molar-refractivity contribution in [3.8, 4) is 0 Å². The number of nitrogens with zero attached hydrogens (tertiary/aromatic N) is 1. The van der Waals surface area contributed by atoms with E-state index in [1.54, 1.807) is 11.3 Å². The molecule has 3 nitrogen and oxygen atoms in total. The van der Waals surface area contributed by atoms with Crippen molar-refractivity contribution in [3.63, 3.8) is 0 Å². The lowest BCUT2D eigenvalue weighted by atomic mass is 9.98. The largest absolute Gasteiger partial charge is 0.361 e. The second-order valence-electron chi connectivity index (χ2n) is 4.68. The molecule has 1 aliphatic rings. The number of aromatic nitrogens is 1. The Bertz CT molecular complexity index is 534. The van der Waals surface area contributed by atoms with Crippen LogP contribution in [-0.4, -0.2) is 24.6 Å². The van der Waals surface area contributed by atoms with Gasteiger partial charge in [0.25, 0.3) is 0 Å². The summed E-state index contributed by atoms with van der Waals surface area (Å²) in [4.78, 5) is 4.56. The number of piperidine rings is 1. The molecule has 1 aliphatic heterocycles. The Kier molecular flexibility index (Phi) is 3.68. The number of fused-ring (bicyclic) bond motifs is 1. The summed E-state index contributed by atoms with van der Waals surface area (Å²) in [6.07, 6.45) is 2.50. The highest BCUT2D eigenvalue weighted by Crippen LogP contribution is 2.30. The topological polar surface area (TPSA) is 37.0 Å². The van der Waals surface area contributed by atoms with Crippen LogP contribution in [0.25, 0.3) is 10.2 Å². The van der Waals surface area contributed by atoms with Crippen LogP contribution in [-0.2, 0) is 0 Å². The normalized spacial score (nSPS) is 17.2. The third-order valence-electron chi connectivity index (χ3n) is 3.37. The van der Waals surface area contributed by atoms with E-state index in [0.29, 0.717) is 0 Å². The van der Waals surface area contributed by atoms with Gasteiger partial charge in [0.1, 0.15) is 5.52 Å². The van der Waals surface area contributed by atoms with E-state index in [9.17, 15) is 0 Å². The number of hydrogen-bond acceptors (Lipinski definition) is 4. The molecule has 1 fully saturated rings. The Morgan fingerprint density at radius 3 is 3.00 bits per heavy atom. The quantitative estimate of drug-likeness (QED) is 0.906. The molecule has 18 heavy (non-hydrogen) atoms. The Labute approximate surface area is 116 Å². The minimum atomic E-state index is 0.735. The standard InChI is InChI=1S/C13H16ClN3S/c14-10-2-1-3-11-12(10)17-13(18-11)16-8-9-4-6-15-7-5-9/h1-3,9,15H,4-8H2,(H,16,17). The summed E-state index contributed by atoms with van der Waals surface area (Å²) < 4.78 is 1.15. The molecule has 3 rings (SSSR count). The van der Waals surface area contributed by atoms with Gasteiger partial charge in [-0.2, -0.15) is 0 Å². The van der Waals surface area contributed by atoms with Crippen molar-refractivity contribution in [1.82, 2.24) is 10.3 Å². The van der Waals surface area contributed by atoms with Gasteiger partial charge in [0.05, 0.1) is 9.72 Å². The van der Waals surface area contributed by atoms with E-state index < -0.39 is 0 Å². The first kappa shape index (κ1) is 12.2. The fourth-order valence-electron chi connectivity index (χ4n) is 2.31. The minimum Gasteiger partial charge on any atom is -0.361 e. The van der Waals surface area contributed by atoms with Crippen molar-refractivity contribution in [2.45, 2.75) is 12.8 Å². The molecule has 0 radical (unpaired) electrons. The number of benzene rings is 1. The average Bonchev–Trinajstić information content (AvgIpc) is 2.82. The molecule has 1 saturated heterocycles. The van der Waals surface area contributed by atoms with Crippen molar-refractivity contribution in [2.24, 2.45) is 5.92 Å². The Hall–Kier alpha value is -0.840. The van der Waals surface area contributed by atoms with Crippen molar-refractivity contribution in [3.05, 3.63) is 23.2 Å². The van der Waals surface area contributed by atoms with Gasteiger partial charge in [-0.05, 0) is 44.0 Å². The van der Waals surface area contributed by atoms with Gasteiger partial charge in [-0.15, -0.1) is 0 Å². The van der Waals surface area contributed by atoms with Gasteiger partial charge in [0.2, 0.25) is 0 Å². The zero-order valence-corrected chi connectivity index (χ0v) is 11.7. The summed E-state index contributed by atoms with van der Waals surface area (Å²) in [5.41, 5.74) is 0.914. The molecule has 0 bridgehead atoms. The number of rotatable bonds is 3. The first-order chi connectivity index (χ1) is 8.83. The molecule has 1 aromatic heterocycles. The molecule has 0 aliphatic carbocycles. The zero-order chi connectivity index (χ0) is 12.4. The lowest BCUT2D eigenvalue weighted by Crippen LogP contribution is -2.31. The SMILES string of the molecule is Clc1cccc2sc(NCC3CCNCC3)nc12. The van der Waals surface area contributed by atoms with Gasteiger partial charge in [-0.25, -0.2) is 4.98 Å². The molecule has 0 saturated carbocycles. The van der Waals surface area contributed by atoms with Gasteiger partial charge in [0.15, 0.2) is 5.13 Å². The van der Waals surface area contributed by atoms with Crippen LogP contribution >= 0.6 is 22.9 Å². The van der Waals surface area contributed by atoms with Crippen LogP contribution in [0.3, 0.4) is 0 Å². The van der Waals surface area contributed by atoms with E-state index in [2.05, 4.69) is 21.7 Å². The van der Waals surface area contributed by atoms with Crippen molar-refractivity contribution >= 4 is 38.3 Å². The fourth-order valence-corrected chi connectivity index (χ4v) is 3.48. The Morgan fingerprint density at radius 1 is 1.39 bits per heavy atom. The van der Waals surface area contributed by atoms with Gasteiger partial charge in [-0.3, -0.25) is 0 Å². The van der Waals surface area contributed by atoms with Crippen LogP contribution < -0.4 is 10.6 Å². The summed E-state index contributed by atoms with van der Waals surface area (Å²) in [5, 5.41) is 8.55. The van der Waals surface area contributed by atoms with Crippen molar-refractivity contribution < 1.29 is 0 Å². The number of para-hydroxylation sites is 1. The van der Waals surface area contributed by atoms with Gasteiger partial charge < -0.3 is 10.6 Å². The first-order valence-corrected chi connectivity index (χ1v) is 7.52. The van der Waals surface area contributed by atoms with E-state index >= 15 is 0 Å². The highest BCUT2D eigenvalue weighted by atomic mass is 35.5.